The van der Waals surface area contributed by atoms with Crippen LogP contribution in [0.5, 0.6) is 0 Å². The van der Waals surface area contributed by atoms with Crippen LogP contribution in [0.3, 0.4) is 0 Å². The van der Waals surface area contributed by atoms with Crippen LogP contribution < -0.4 is 18.9 Å². The van der Waals surface area contributed by atoms with Crippen molar-refractivity contribution in [1.82, 2.24) is 24.6 Å². The van der Waals surface area contributed by atoms with Crippen molar-refractivity contribution in [3.05, 3.63) is 77.6 Å². The van der Waals surface area contributed by atoms with Crippen LogP contribution >= 0.6 is 11.6 Å². The van der Waals surface area contributed by atoms with E-state index in [-0.39, 0.29) is 35.1 Å². The summed E-state index contributed by atoms with van der Waals surface area (Å²) < 4.78 is 2.07. The third-order valence-corrected chi connectivity index (χ3v) is 7.99. The molecule has 0 atom stereocenters. The van der Waals surface area contributed by atoms with Gasteiger partial charge in [-0.05, 0) is 64.0 Å². The summed E-state index contributed by atoms with van der Waals surface area (Å²) in [5, 5.41) is 8.61. The number of hydrogen-bond acceptors (Lipinski definition) is 4. The SMILES string of the molecule is Cn1cnnc1C1(c2c[c-]ccc2)CC2(CC2)C1.[CH-]=C(Cl)c1cc(CN2CCCC2)[nH]c1C(C)=O.[Li+]. The average molecular weight is 497 g/mol. The van der Waals surface area contributed by atoms with Crippen LogP contribution in [0.4, 0.5) is 0 Å². The predicted molar refractivity (Wildman–Crippen MR) is 137 cm³/mol. The van der Waals surface area contributed by atoms with Crippen LogP contribution in [0, 0.1) is 18.1 Å². The van der Waals surface area contributed by atoms with Crippen molar-refractivity contribution in [2.45, 2.75) is 57.4 Å². The molecule has 3 aromatic rings. The zero-order valence-corrected chi connectivity index (χ0v) is 22.2. The number of carbonyl (C=O) groups excluding carboxylic acids is 1. The zero-order valence-electron chi connectivity index (χ0n) is 21.5. The number of benzene rings is 1. The van der Waals surface area contributed by atoms with Crippen molar-refractivity contribution < 1.29 is 23.7 Å². The summed E-state index contributed by atoms with van der Waals surface area (Å²) in [6.07, 6.45) is 9.54. The van der Waals surface area contributed by atoms with Gasteiger partial charge < -0.3 is 9.55 Å². The van der Waals surface area contributed by atoms with Gasteiger partial charge in [0.05, 0.1) is 0 Å². The summed E-state index contributed by atoms with van der Waals surface area (Å²) >= 11 is 5.79. The molecule has 1 spiro atoms. The summed E-state index contributed by atoms with van der Waals surface area (Å²) in [6.45, 7) is 10.1. The largest absolute Gasteiger partial charge is 1.00 e. The van der Waals surface area contributed by atoms with Gasteiger partial charge in [-0.3, -0.25) is 16.3 Å². The van der Waals surface area contributed by atoms with Crippen LogP contribution in [-0.2, 0) is 19.0 Å². The van der Waals surface area contributed by atoms with E-state index in [0.29, 0.717) is 16.7 Å². The monoisotopic (exact) mass is 496 g/mol. The molecular weight excluding hydrogens is 465 g/mol. The number of nitrogens with one attached hydrogen (secondary N) is 1. The fourth-order valence-electron chi connectivity index (χ4n) is 5.90. The minimum Gasteiger partial charge on any atom is -0.371 e. The van der Waals surface area contributed by atoms with Crippen LogP contribution in [-0.4, -0.2) is 43.5 Å². The van der Waals surface area contributed by atoms with E-state index >= 15 is 0 Å². The molecule has 1 aliphatic heterocycles. The number of aryl methyl sites for hydroxylation is 1. The second-order valence-electron chi connectivity index (χ2n) is 10.5. The number of halogens is 1. The fourth-order valence-corrected chi connectivity index (χ4v) is 6.05. The Balaban J connectivity index is 0.000000165. The van der Waals surface area contributed by atoms with Gasteiger partial charge in [-0.2, -0.15) is 30.3 Å². The van der Waals surface area contributed by atoms with E-state index in [1.54, 1.807) is 0 Å². The quantitative estimate of drug-likeness (QED) is 0.323. The number of rotatable bonds is 6. The molecular formula is C28H32ClLiN5O-. The third kappa shape index (κ3) is 5.29. The Morgan fingerprint density at radius 3 is 2.50 bits per heavy atom. The first-order chi connectivity index (χ1) is 16.8. The van der Waals surface area contributed by atoms with Gasteiger partial charge in [-0.25, -0.2) is 0 Å². The number of carbonyl (C=O) groups is 1. The number of hydrogen-bond donors (Lipinski definition) is 1. The Labute approximate surface area is 230 Å². The van der Waals surface area contributed by atoms with Crippen LogP contribution in [0.1, 0.15) is 78.6 Å². The Bertz CT molecular complexity index is 1180. The molecule has 0 bridgehead atoms. The molecule has 1 saturated heterocycles. The van der Waals surface area contributed by atoms with Crippen LogP contribution in [0.25, 0.3) is 5.03 Å². The van der Waals surface area contributed by atoms with Gasteiger partial charge in [0.25, 0.3) is 0 Å². The van der Waals surface area contributed by atoms with E-state index in [4.69, 9.17) is 18.2 Å². The summed E-state index contributed by atoms with van der Waals surface area (Å²) in [6, 6.07) is 13.4. The Morgan fingerprint density at radius 2 is 2.00 bits per heavy atom. The molecule has 6 nitrogen and oxygen atoms in total. The van der Waals surface area contributed by atoms with E-state index in [1.807, 2.05) is 25.5 Å². The minimum atomic E-state index is -0.0451. The number of likely N-dealkylation sites (tertiary alicyclic amines) is 1. The molecule has 0 unspecified atom stereocenters. The van der Waals surface area contributed by atoms with Crippen molar-refractivity contribution >= 4 is 22.4 Å². The Hall–Kier alpha value is -2.10. The van der Waals surface area contributed by atoms with Crippen molar-refractivity contribution in [3.8, 4) is 0 Å². The van der Waals surface area contributed by atoms with Crippen molar-refractivity contribution in [2.24, 2.45) is 12.5 Å². The van der Waals surface area contributed by atoms with E-state index in [9.17, 15) is 4.79 Å². The smallest absolute Gasteiger partial charge is 0.371 e. The molecule has 2 aromatic heterocycles. The maximum absolute atomic E-state index is 11.4. The molecule has 3 heterocycles. The topological polar surface area (TPSA) is 66.8 Å². The molecule has 2 aliphatic carbocycles. The second-order valence-corrected chi connectivity index (χ2v) is 10.9. The second kappa shape index (κ2) is 10.7. The van der Waals surface area contributed by atoms with E-state index in [0.717, 1.165) is 31.2 Å². The standard InChI is InChI=1S/C15H16N3.C13H16ClN2O.Li/c1-18-11-16-17-13(18)15(9-14(10-15)7-8-14)12-5-3-2-4-6-12;1-9(14)12-7-11(15-13(12)10(2)17)8-16-5-3-4-6-16;/h2-3,5-6,11H,7-10H2,1H3;1,7,15H,3-6,8H2,2H3;/q2*-1;+1. The van der Waals surface area contributed by atoms with Gasteiger partial charge in [-0.1, -0.05) is 0 Å². The van der Waals surface area contributed by atoms with Crippen molar-refractivity contribution in [3.63, 3.8) is 0 Å². The Morgan fingerprint density at radius 1 is 1.28 bits per heavy atom. The molecule has 8 heteroatoms. The molecule has 36 heavy (non-hydrogen) atoms. The average Bonchev–Trinajstić information content (AvgIpc) is 3.16. The van der Waals surface area contributed by atoms with Gasteiger partial charge >= 0.3 is 18.9 Å². The van der Waals surface area contributed by atoms with Gasteiger partial charge in [0.1, 0.15) is 12.2 Å². The van der Waals surface area contributed by atoms with Crippen molar-refractivity contribution in [1.29, 1.82) is 0 Å². The van der Waals surface area contributed by atoms with Crippen LogP contribution in [0.15, 0.2) is 36.7 Å². The van der Waals surface area contributed by atoms with Gasteiger partial charge in [0.15, 0.2) is 5.78 Å². The van der Waals surface area contributed by atoms with Crippen molar-refractivity contribution in [2.75, 3.05) is 13.1 Å². The molecule has 0 radical (unpaired) electrons. The molecule has 0 amide bonds. The van der Waals surface area contributed by atoms with Gasteiger partial charge in [0.2, 0.25) is 0 Å². The number of Topliss-reactive ketones (excluding diaryl/α,β-unsaturated/α-hetero) is 1. The number of ketones is 1. The Kier molecular flexibility index (Phi) is 8.02. The summed E-state index contributed by atoms with van der Waals surface area (Å²) in [4.78, 5) is 16.9. The summed E-state index contributed by atoms with van der Waals surface area (Å²) in [7, 11) is 2.04. The number of H-pyrrole nitrogens is 1. The summed E-state index contributed by atoms with van der Waals surface area (Å²) in [5.74, 6) is 1.07. The predicted octanol–water partition coefficient (Wildman–Crippen LogP) is 2.31. The molecule has 1 N–H and O–H groups in total. The zero-order chi connectivity index (χ0) is 24.6. The third-order valence-electron chi connectivity index (χ3n) is 7.79. The van der Waals surface area contributed by atoms with Gasteiger partial charge in [0, 0.05) is 30.4 Å². The first-order valence-electron chi connectivity index (χ1n) is 12.4. The minimum absolute atomic E-state index is 0. The van der Waals surface area contributed by atoms with E-state index in [1.165, 1.54) is 51.0 Å². The normalized spacial score (nSPS) is 19.1. The molecule has 3 aliphatic rings. The fraction of sp³-hybridized carbons (Fsp3) is 0.464. The van der Waals surface area contributed by atoms with E-state index in [2.05, 4.69) is 48.9 Å². The number of aromatic amines is 1. The first-order valence-corrected chi connectivity index (χ1v) is 12.7. The molecule has 2 saturated carbocycles. The summed E-state index contributed by atoms with van der Waals surface area (Å²) in [5.41, 5.74) is 4.18. The number of nitrogens with zero attached hydrogens (tertiary/aromatic N) is 4. The van der Waals surface area contributed by atoms with Gasteiger partial charge in [-0.15, -0.1) is 44.0 Å². The maximum Gasteiger partial charge on any atom is 1.00 e. The molecule has 3 fully saturated rings. The van der Waals surface area contributed by atoms with E-state index < -0.39 is 0 Å². The van der Waals surface area contributed by atoms with Crippen LogP contribution in [0.2, 0.25) is 0 Å². The first kappa shape index (κ1) is 26.9. The maximum atomic E-state index is 11.4. The molecule has 184 valence electrons. The number of aromatic nitrogens is 4. The molecule has 6 rings (SSSR count). The molecule has 1 aromatic carbocycles.